The zero-order chi connectivity index (χ0) is 15.2. The van der Waals surface area contributed by atoms with Crippen molar-refractivity contribution in [1.82, 2.24) is 5.32 Å². The van der Waals surface area contributed by atoms with Crippen LogP contribution in [0.25, 0.3) is 0 Å². The van der Waals surface area contributed by atoms with Gasteiger partial charge in [0.05, 0.1) is 17.7 Å². The van der Waals surface area contributed by atoms with E-state index in [4.69, 9.17) is 9.15 Å². The third-order valence-electron chi connectivity index (χ3n) is 2.71. The number of nitro groups is 1. The van der Waals surface area contributed by atoms with Crippen molar-refractivity contribution < 1.29 is 18.9 Å². The Morgan fingerprint density at radius 2 is 2.24 bits per heavy atom. The minimum atomic E-state index is -0.546. The van der Waals surface area contributed by atoms with Crippen LogP contribution in [0, 0.1) is 17.0 Å². The molecule has 0 unspecified atom stereocenters. The Labute approximate surface area is 120 Å². The summed E-state index contributed by atoms with van der Waals surface area (Å²) >= 11 is 0. The summed E-state index contributed by atoms with van der Waals surface area (Å²) in [5.41, 5.74) is 0.644. The zero-order valence-corrected chi connectivity index (χ0v) is 11.4. The van der Waals surface area contributed by atoms with Crippen LogP contribution in [-0.4, -0.2) is 17.4 Å². The summed E-state index contributed by atoms with van der Waals surface area (Å²) in [4.78, 5) is 22.0. The van der Waals surface area contributed by atoms with Crippen molar-refractivity contribution in [1.29, 1.82) is 0 Å². The maximum absolute atomic E-state index is 11.6. The number of furan rings is 1. The van der Waals surface area contributed by atoms with Crippen molar-refractivity contribution >= 4 is 11.6 Å². The molecule has 21 heavy (non-hydrogen) atoms. The molecule has 1 heterocycles. The number of hydrogen-bond donors (Lipinski definition) is 1. The molecule has 0 radical (unpaired) electrons. The van der Waals surface area contributed by atoms with Gasteiger partial charge in [0.25, 0.3) is 5.91 Å². The van der Waals surface area contributed by atoms with Gasteiger partial charge in [0, 0.05) is 6.07 Å². The number of nitrogens with zero attached hydrogens (tertiary/aromatic N) is 1. The van der Waals surface area contributed by atoms with Crippen LogP contribution in [0.2, 0.25) is 0 Å². The SMILES string of the molecule is Cc1ccc([N+](=O)[O-])c(OCC(=O)NCc2ccco2)c1. The molecule has 0 spiro atoms. The number of nitrogens with one attached hydrogen (secondary N) is 1. The van der Waals surface area contributed by atoms with Crippen molar-refractivity contribution in [2.75, 3.05) is 6.61 Å². The molecule has 2 rings (SSSR count). The Balaban J connectivity index is 1.91. The number of amides is 1. The van der Waals surface area contributed by atoms with E-state index < -0.39 is 4.92 Å². The van der Waals surface area contributed by atoms with Crippen molar-refractivity contribution in [2.24, 2.45) is 0 Å². The van der Waals surface area contributed by atoms with E-state index in [2.05, 4.69) is 5.32 Å². The highest BCUT2D eigenvalue weighted by Crippen LogP contribution is 2.27. The molecule has 0 atom stereocenters. The zero-order valence-electron chi connectivity index (χ0n) is 11.4. The van der Waals surface area contributed by atoms with Gasteiger partial charge in [0.2, 0.25) is 0 Å². The number of carbonyl (C=O) groups excluding carboxylic acids is 1. The fraction of sp³-hybridized carbons (Fsp3) is 0.214. The standard InChI is InChI=1S/C14H14N2O5/c1-10-4-5-12(16(18)19)13(7-10)21-9-14(17)15-8-11-3-2-6-20-11/h2-7H,8-9H2,1H3,(H,15,17). The van der Waals surface area contributed by atoms with Gasteiger partial charge in [-0.1, -0.05) is 6.07 Å². The van der Waals surface area contributed by atoms with E-state index in [1.807, 2.05) is 0 Å². The van der Waals surface area contributed by atoms with Crippen LogP contribution in [0.15, 0.2) is 41.0 Å². The molecule has 0 aliphatic heterocycles. The molecule has 2 aromatic rings. The number of ether oxygens (including phenoxy) is 1. The van der Waals surface area contributed by atoms with Gasteiger partial charge in [0.1, 0.15) is 5.76 Å². The number of aryl methyl sites for hydroxylation is 1. The maximum atomic E-state index is 11.6. The third-order valence-corrected chi connectivity index (χ3v) is 2.71. The lowest BCUT2D eigenvalue weighted by molar-refractivity contribution is -0.385. The average Bonchev–Trinajstić information content (AvgIpc) is 2.96. The lowest BCUT2D eigenvalue weighted by atomic mass is 10.2. The van der Waals surface area contributed by atoms with E-state index in [-0.39, 0.29) is 30.5 Å². The van der Waals surface area contributed by atoms with Crippen molar-refractivity contribution in [3.63, 3.8) is 0 Å². The fourth-order valence-electron chi connectivity index (χ4n) is 1.68. The van der Waals surface area contributed by atoms with E-state index in [1.165, 1.54) is 18.4 Å². The lowest BCUT2D eigenvalue weighted by Gasteiger charge is -2.07. The van der Waals surface area contributed by atoms with E-state index >= 15 is 0 Å². The Morgan fingerprint density at radius 1 is 1.43 bits per heavy atom. The summed E-state index contributed by atoms with van der Waals surface area (Å²) in [6, 6.07) is 7.94. The van der Waals surface area contributed by atoms with Crippen molar-refractivity contribution in [3.05, 3.63) is 58.0 Å². The summed E-state index contributed by atoms with van der Waals surface area (Å²) in [7, 11) is 0. The van der Waals surface area contributed by atoms with Gasteiger partial charge < -0.3 is 14.5 Å². The summed E-state index contributed by atoms with van der Waals surface area (Å²) in [5, 5.41) is 13.5. The molecule has 1 N–H and O–H groups in total. The highest BCUT2D eigenvalue weighted by molar-refractivity contribution is 5.77. The monoisotopic (exact) mass is 290 g/mol. The largest absolute Gasteiger partial charge is 0.477 e. The number of benzene rings is 1. The van der Waals surface area contributed by atoms with Crippen molar-refractivity contribution in [3.8, 4) is 5.75 Å². The Hall–Kier alpha value is -2.83. The predicted octanol–water partition coefficient (Wildman–Crippen LogP) is 2.19. The third kappa shape index (κ3) is 4.07. The second-order valence-corrected chi connectivity index (χ2v) is 4.37. The molecule has 0 saturated heterocycles. The molecule has 7 heteroatoms. The second-order valence-electron chi connectivity index (χ2n) is 4.37. The molecule has 1 aromatic carbocycles. The van der Waals surface area contributed by atoms with Gasteiger partial charge >= 0.3 is 5.69 Å². The quantitative estimate of drug-likeness (QED) is 0.650. The van der Waals surface area contributed by atoms with E-state index in [9.17, 15) is 14.9 Å². The molecule has 1 aromatic heterocycles. The number of carbonyl (C=O) groups is 1. The topological polar surface area (TPSA) is 94.6 Å². The van der Waals surface area contributed by atoms with E-state index in [0.717, 1.165) is 5.56 Å². The van der Waals surface area contributed by atoms with Crippen LogP contribution in [0.1, 0.15) is 11.3 Å². The highest BCUT2D eigenvalue weighted by atomic mass is 16.6. The Kier molecular flexibility index (Phi) is 4.55. The fourth-order valence-corrected chi connectivity index (χ4v) is 1.68. The van der Waals surface area contributed by atoms with Crippen LogP contribution in [-0.2, 0) is 11.3 Å². The molecule has 0 saturated carbocycles. The van der Waals surface area contributed by atoms with Crippen LogP contribution in [0.4, 0.5) is 5.69 Å². The molecule has 1 amide bonds. The lowest BCUT2D eigenvalue weighted by Crippen LogP contribution is -2.28. The summed E-state index contributed by atoms with van der Waals surface area (Å²) in [6.07, 6.45) is 1.51. The smallest absolute Gasteiger partial charge is 0.310 e. The second kappa shape index (κ2) is 6.56. The van der Waals surface area contributed by atoms with Gasteiger partial charge in [-0.15, -0.1) is 0 Å². The minimum Gasteiger partial charge on any atom is -0.477 e. The normalized spacial score (nSPS) is 10.1. The molecular formula is C14H14N2O5. The Bertz CT molecular complexity index is 637. The van der Waals surface area contributed by atoms with Gasteiger partial charge in [-0.3, -0.25) is 14.9 Å². The molecule has 0 bridgehead atoms. The first-order valence-electron chi connectivity index (χ1n) is 6.23. The van der Waals surface area contributed by atoms with Gasteiger partial charge in [-0.05, 0) is 30.7 Å². The minimum absolute atomic E-state index is 0.0770. The maximum Gasteiger partial charge on any atom is 0.310 e. The summed E-state index contributed by atoms with van der Waals surface area (Å²) < 4.78 is 10.3. The number of nitro benzene ring substituents is 1. The average molecular weight is 290 g/mol. The molecular weight excluding hydrogens is 276 g/mol. The van der Waals surface area contributed by atoms with Crippen molar-refractivity contribution in [2.45, 2.75) is 13.5 Å². The molecule has 7 nitrogen and oxygen atoms in total. The first-order valence-corrected chi connectivity index (χ1v) is 6.23. The first-order chi connectivity index (χ1) is 10.1. The molecule has 0 aliphatic carbocycles. The Morgan fingerprint density at radius 3 is 2.90 bits per heavy atom. The first kappa shape index (κ1) is 14.6. The molecule has 110 valence electrons. The van der Waals surface area contributed by atoms with Gasteiger partial charge in [-0.2, -0.15) is 0 Å². The highest BCUT2D eigenvalue weighted by Gasteiger charge is 2.16. The summed E-state index contributed by atoms with van der Waals surface area (Å²) in [6.45, 7) is 1.73. The van der Waals surface area contributed by atoms with Crippen LogP contribution < -0.4 is 10.1 Å². The van der Waals surface area contributed by atoms with Crippen LogP contribution >= 0.6 is 0 Å². The van der Waals surface area contributed by atoms with Gasteiger partial charge in [-0.25, -0.2) is 0 Å². The molecule has 0 aliphatic rings. The van der Waals surface area contributed by atoms with Crippen LogP contribution in [0.3, 0.4) is 0 Å². The van der Waals surface area contributed by atoms with Crippen LogP contribution in [0.5, 0.6) is 5.75 Å². The van der Waals surface area contributed by atoms with E-state index in [1.54, 1.807) is 25.1 Å². The predicted molar refractivity (Wildman–Crippen MR) is 73.9 cm³/mol. The van der Waals surface area contributed by atoms with Gasteiger partial charge in [0.15, 0.2) is 12.4 Å². The number of rotatable bonds is 6. The number of hydrogen-bond acceptors (Lipinski definition) is 5. The molecule has 0 fully saturated rings. The van der Waals surface area contributed by atoms with E-state index in [0.29, 0.717) is 5.76 Å². The summed E-state index contributed by atoms with van der Waals surface area (Å²) in [5.74, 6) is 0.306.